The summed E-state index contributed by atoms with van der Waals surface area (Å²) in [4.78, 5) is 32.6. The minimum Gasteiger partial charge on any atom is -0.474 e. The summed E-state index contributed by atoms with van der Waals surface area (Å²) in [5.41, 5.74) is -0.195. The molecule has 0 heterocycles. The lowest BCUT2D eigenvalue weighted by Crippen LogP contribution is -2.30. The molecule has 0 unspecified atom stereocenters. The van der Waals surface area contributed by atoms with Crippen molar-refractivity contribution in [2.24, 2.45) is 0 Å². The predicted octanol–water partition coefficient (Wildman–Crippen LogP) is 2.91. The quantitative estimate of drug-likeness (QED) is 0.641. The normalized spacial score (nSPS) is 11.4. The summed E-state index contributed by atoms with van der Waals surface area (Å²) in [6.07, 6.45) is -1.04. The Morgan fingerprint density at radius 1 is 1.08 bits per heavy atom. The Labute approximate surface area is 136 Å². The van der Waals surface area contributed by atoms with Gasteiger partial charge in [-0.25, -0.2) is 0 Å². The van der Waals surface area contributed by atoms with Gasteiger partial charge < -0.3 is 10.1 Å². The standard InChI is InChI=1S/C15H13N3O6/c1-10(24-14-8-3-2-7-13(14)18(22)23)15(19)16-11-5-4-6-12(9-11)17(20)21/h2-10H,1H3,(H,16,19)/t10-/m1/s1. The molecule has 9 heteroatoms. The third-order valence-electron chi connectivity index (χ3n) is 3.06. The molecular formula is C15H13N3O6. The van der Waals surface area contributed by atoms with Crippen molar-refractivity contribution in [1.29, 1.82) is 0 Å². The van der Waals surface area contributed by atoms with Crippen molar-refractivity contribution in [3.8, 4) is 5.75 Å². The largest absolute Gasteiger partial charge is 0.474 e. The first kappa shape index (κ1) is 16.9. The lowest BCUT2D eigenvalue weighted by molar-refractivity contribution is -0.386. The molecule has 9 nitrogen and oxygen atoms in total. The van der Waals surface area contributed by atoms with Crippen LogP contribution in [-0.4, -0.2) is 21.9 Å². The van der Waals surface area contributed by atoms with Gasteiger partial charge in [-0.2, -0.15) is 0 Å². The molecular weight excluding hydrogens is 318 g/mol. The summed E-state index contributed by atoms with van der Waals surface area (Å²) in [5, 5.41) is 24.1. The van der Waals surface area contributed by atoms with Crippen LogP contribution in [0.3, 0.4) is 0 Å². The van der Waals surface area contributed by atoms with Crippen LogP contribution in [0.15, 0.2) is 48.5 Å². The first-order valence-corrected chi connectivity index (χ1v) is 6.84. The average molecular weight is 331 g/mol. The number of nitrogens with one attached hydrogen (secondary N) is 1. The molecule has 1 N–H and O–H groups in total. The maximum atomic E-state index is 12.1. The van der Waals surface area contributed by atoms with E-state index in [1.807, 2.05) is 0 Å². The highest BCUT2D eigenvalue weighted by atomic mass is 16.6. The number of nitro benzene ring substituents is 2. The van der Waals surface area contributed by atoms with Gasteiger partial charge in [0.25, 0.3) is 11.6 Å². The summed E-state index contributed by atoms with van der Waals surface area (Å²) in [6.45, 7) is 1.42. The van der Waals surface area contributed by atoms with Crippen molar-refractivity contribution < 1.29 is 19.4 Å². The van der Waals surface area contributed by atoms with Gasteiger partial charge in [-0.1, -0.05) is 18.2 Å². The number of anilines is 1. The number of non-ortho nitro benzene ring substituents is 1. The number of nitro groups is 2. The maximum absolute atomic E-state index is 12.1. The van der Waals surface area contributed by atoms with Crippen LogP contribution < -0.4 is 10.1 Å². The van der Waals surface area contributed by atoms with Crippen LogP contribution >= 0.6 is 0 Å². The molecule has 0 saturated heterocycles. The van der Waals surface area contributed by atoms with Gasteiger partial charge in [0.2, 0.25) is 0 Å². The van der Waals surface area contributed by atoms with Gasteiger partial charge in [0.1, 0.15) is 0 Å². The van der Waals surface area contributed by atoms with E-state index in [9.17, 15) is 25.0 Å². The Kier molecular flexibility index (Phi) is 5.05. The van der Waals surface area contributed by atoms with E-state index in [-0.39, 0.29) is 22.8 Å². The van der Waals surface area contributed by atoms with E-state index in [0.29, 0.717) is 0 Å². The van der Waals surface area contributed by atoms with E-state index >= 15 is 0 Å². The fourth-order valence-electron chi connectivity index (χ4n) is 1.89. The molecule has 0 aliphatic carbocycles. The van der Waals surface area contributed by atoms with Crippen LogP contribution in [0.2, 0.25) is 0 Å². The minimum atomic E-state index is -1.04. The number of nitrogens with zero attached hydrogens (tertiary/aromatic N) is 2. The van der Waals surface area contributed by atoms with Crippen LogP contribution in [0.5, 0.6) is 5.75 Å². The Bertz CT molecular complexity index is 792. The number of carbonyl (C=O) groups excluding carboxylic acids is 1. The van der Waals surface area contributed by atoms with Crippen LogP contribution in [-0.2, 0) is 4.79 Å². The molecule has 24 heavy (non-hydrogen) atoms. The monoisotopic (exact) mass is 331 g/mol. The Morgan fingerprint density at radius 2 is 1.79 bits per heavy atom. The first-order valence-electron chi connectivity index (χ1n) is 6.84. The summed E-state index contributed by atoms with van der Waals surface area (Å²) in [7, 11) is 0. The fraction of sp³-hybridized carbons (Fsp3) is 0.133. The molecule has 0 aromatic heterocycles. The number of para-hydroxylation sites is 2. The zero-order valence-electron chi connectivity index (χ0n) is 12.5. The lowest BCUT2D eigenvalue weighted by Gasteiger charge is -2.14. The molecule has 0 aliphatic rings. The van der Waals surface area contributed by atoms with E-state index in [1.54, 1.807) is 6.07 Å². The predicted molar refractivity (Wildman–Crippen MR) is 84.9 cm³/mol. The van der Waals surface area contributed by atoms with Crippen molar-refractivity contribution in [3.63, 3.8) is 0 Å². The van der Waals surface area contributed by atoms with Crippen molar-refractivity contribution in [2.45, 2.75) is 13.0 Å². The van der Waals surface area contributed by atoms with Crippen molar-refractivity contribution in [3.05, 3.63) is 68.8 Å². The second kappa shape index (κ2) is 7.18. The fourth-order valence-corrected chi connectivity index (χ4v) is 1.89. The van der Waals surface area contributed by atoms with Gasteiger partial charge in [0.05, 0.1) is 9.85 Å². The smallest absolute Gasteiger partial charge is 0.310 e. The molecule has 2 aromatic carbocycles. The zero-order valence-corrected chi connectivity index (χ0v) is 12.5. The minimum absolute atomic E-state index is 0.0378. The van der Waals surface area contributed by atoms with Crippen LogP contribution in [0, 0.1) is 20.2 Å². The topological polar surface area (TPSA) is 125 Å². The van der Waals surface area contributed by atoms with E-state index in [2.05, 4.69) is 5.32 Å². The molecule has 1 atom stereocenters. The molecule has 2 rings (SSSR count). The molecule has 124 valence electrons. The molecule has 1 amide bonds. The SMILES string of the molecule is C[C@@H](Oc1ccccc1[N+](=O)[O-])C(=O)Nc1cccc([N+](=O)[O-])c1. The van der Waals surface area contributed by atoms with Crippen molar-refractivity contribution >= 4 is 23.0 Å². The molecule has 2 aromatic rings. The highest BCUT2D eigenvalue weighted by Gasteiger charge is 2.21. The molecule has 0 bridgehead atoms. The summed E-state index contributed by atoms with van der Waals surface area (Å²) in [5.74, 6) is -0.627. The maximum Gasteiger partial charge on any atom is 0.310 e. The van der Waals surface area contributed by atoms with Gasteiger partial charge in [-0.3, -0.25) is 25.0 Å². The highest BCUT2D eigenvalue weighted by Crippen LogP contribution is 2.27. The number of rotatable bonds is 6. The van der Waals surface area contributed by atoms with E-state index < -0.39 is 21.9 Å². The number of benzene rings is 2. The molecule has 0 radical (unpaired) electrons. The third kappa shape index (κ3) is 4.03. The zero-order chi connectivity index (χ0) is 17.7. The Balaban J connectivity index is 2.09. The van der Waals surface area contributed by atoms with Crippen molar-refractivity contribution in [2.75, 3.05) is 5.32 Å². The van der Waals surface area contributed by atoms with Crippen LogP contribution in [0.4, 0.5) is 17.1 Å². The van der Waals surface area contributed by atoms with E-state index in [1.165, 1.54) is 49.4 Å². The molecule has 0 aliphatic heterocycles. The second-order valence-corrected chi connectivity index (χ2v) is 4.78. The first-order chi connectivity index (χ1) is 11.4. The van der Waals surface area contributed by atoms with E-state index in [0.717, 1.165) is 0 Å². The summed E-state index contributed by atoms with van der Waals surface area (Å²) >= 11 is 0. The van der Waals surface area contributed by atoms with Crippen LogP contribution in [0.1, 0.15) is 6.92 Å². The van der Waals surface area contributed by atoms with Gasteiger partial charge in [-0.15, -0.1) is 0 Å². The molecule has 0 fully saturated rings. The number of hydrogen-bond donors (Lipinski definition) is 1. The number of amides is 1. The number of ether oxygens (including phenoxy) is 1. The highest BCUT2D eigenvalue weighted by molar-refractivity contribution is 5.94. The number of hydrogen-bond acceptors (Lipinski definition) is 6. The van der Waals surface area contributed by atoms with Gasteiger partial charge in [0.15, 0.2) is 11.9 Å². The Morgan fingerprint density at radius 3 is 2.46 bits per heavy atom. The number of carbonyl (C=O) groups is 1. The molecule has 0 saturated carbocycles. The Hall–Kier alpha value is -3.49. The third-order valence-corrected chi connectivity index (χ3v) is 3.06. The van der Waals surface area contributed by atoms with Crippen molar-refractivity contribution in [1.82, 2.24) is 0 Å². The van der Waals surface area contributed by atoms with Crippen LogP contribution in [0.25, 0.3) is 0 Å². The summed E-state index contributed by atoms with van der Waals surface area (Å²) in [6, 6.07) is 11.1. The second-order valence-electron chi connectivity index (χ2n) is 4.78. The lowest BCUT2D eigenvalue weighted by atomic mass is 10.2. The van der Waals surface area contributed by atoms with E-state index in [4.69, 9.17) is 4.74 Å². The summed E-state index contributed by atoms with van der Waals surface area (Å²) < 4.78 is 5.33. The molecule has 0 spiro atoms. The van der Waals surface area contributed by atoms with Gasteiger partial charge in [0, 0.05) is 23.9 Å². The van der Waals surface area contributed by atoms with Gasteiger partial charge in [-0.05, 0) is 19.1 Å². The van der Waals surface area contributed by atoms with Gasteiger partial charge >= 0.3 is 5.69 Å². The average Bonchev–Trinajstić information content (AvgIpc) is 2.55.